The lowest BCUT2D eigenvalue weighted by Crippen LogP contribution is -2.44. The zero-order valence-corrected chi connectivity index (χ0v) is 16.7. The molecule has 1 saturated carbocycles. The van der Waals surface area contributed by atoms with Crippen LogP contribution in [0.2, 0.25) is 0 Å². The summed E-state index contributed by atoms with van der Waals surface area (Å²) < 4.78 is 5.89. The first-order valence-corrected chi connectivity index (χ1v) is 10.2. The largest absolute Gasteiger partial charge is 0.504 e. The Bertz CT molecular complexity index is 556. The van der Waals surface area contributed by atoms with E-state index in [9.17, 15) is 10.2 Å². The summed E-state index contributed by atoms with van der Waals surface area (Å²) in [7, 11) is 0. The van der Waals surface area contributed by atoms with E-state index in [1.807, 2.05) is 12.1 Å². The average molecular weight is 364 g/mol. The molecule has 1 aliphatic carbocycles. The predicted molar refractivity (Wildman–Crippen MR) is 107 cm³/mol. The van der Waals surface area contributed by atoms with Crippen molar-refractivity contribution in [2.45, 2.75) is 83.8 Å². The first kappa shape index (κ1) is 21.0. The predicted octanol–water partition coefficient (Wildman–Crippen LogP) is 4.41. The molecule has 1 fully saturated rings. The highest BCUT2D eigenvalue weighted by molar-refractivity contribution is 5.42. The van der Waals surface area contributed by atoms with Crippen molar-refractivity contribution in [2.24, 2.45) is 17.6 Å². The number of aryl methyl sites for hydroxylation is 1. The molecule has 0 spiro atoms. The third kappa shape index (κ3) is 7.16. The van der Waals surface area contributed by atoms with Crippen LogP contribution >= 0.6 is 0 Å². The Labute approximate surface area is 158 Å². The Kier molecular flexibility index (Phi) is 7.78. The number of ether oxygens (including phenoxy) is 1. The summed E-state index contributed by atoms with van der Waals surface area (Å²) in [5, 5.41) is 19.9. The Morgan fingerprint density at radius 3 is 2.54 bits per heavy atom. The third-order valence-corrected chi connectivity index (χ3v) is 5.36. The van der Waals surface area contributed by atoms with E-state index in [1.165, 1.54) is 19.3 Å². The van der Waals surface area contributed by atoms with E-state index in [2.05, 4.69) is 20.8 Å². The number of phenolic OH excluding ortho intramolecular Hbond substituents is 1. The molecular formula is C22H37NO3. The molecular weight excluding hydrogens is 326 g/mol. The zero-order chi connectivity index (χ0) is 19.2. The lowest BCUT2D eigenvalue weighted by atomic mass is 9.88. The molecule has 2 atom stereocenters. The van der Waals surface area contributed by atoms with Gasteiger partial charge in [0.05, 0.1) is 12.7 Å². The van der Waals surface area contributed by atoms with Gasteiger partial charge in [-0.1, -0.05) is 39.2 Å². The van der Waals surface area contributed by atoms with Crippen molar-refractivity contribution in [3.05, 3.63) is 23.8 Å². The van der Waals surface area contributed by atoms with Crippen molar-refractivity contribution in [3.8, 4) is 11.5 Å². The Morgan fingerprint density at radius 2 is 1.96 bits per heavy atom. The highest BCUT2D eigenvalue weighted by Gasteiger charge is 2.33. The number of aliphatic hydroxyl groups excluding tert-OH is 1. The molecule has 26 heavy (non-hydrogen) atoms. The number of rotatable bonds is 12. The van der Waals surface area contributed by atoms with Gasteiger partial charge in [0.1, 0.15) is 0 Å². The molecule has 4 N–H and O–H groups in total. The van der Waals surface area contributed by atoms with Gasteiger partial charge in [-0.15, -0.1) is 0 Å². The molecule has 4 heteroatoms. The molecule has 1 aromatic rings. The van der Waals surface area contributed by atoms with Gasteiger partial charge in [-0.2, -0.15) is 0 Å². The molecule has 0 bridgehead atoms. The van der Waals surface area contributed by atoms with Gasteiger partial charge < -0.3 is 20.7 Å². The van der Waals surface area contributed by atoms with Crippen molar-refractivity contribution in [1.82, 2.24) is 0 Å². The Hall–Kier alpha value is -1.26. The van der Waals surface area contributed by atoms with Gasteiger partial charge in [0, 0.05) is 5.54 Å². The van der Waals surface area contributed by atoms with Crippen LogP contribution in [-0.2, 0) is 6.42 Å². The third-order valence-electron chi connectivity index (χ3n) is 5.36. The molecule has 0 saturated heterocycles. The normalized spacial score (nSPS) is 17.9. The molecule has 0 heterocycles. The van der Waals surface area contributed by atoms with E-state index in [1.54, 1.807) is 6.07 Å². The van der Waals surface area contributed by atoms with Crippen molar-refractivity contribution in [1.29, 1.82) is 0 Å². The highest BCUT2D eigenvalue weighted by Crippen LogP contribution is 2.37. The van der Waals surface area contributed by atoms with Gasteiger partial charge in [0.25, 0.3) is 0 Å². The van der Waals surface area contributed by atoms with Crippen molar-refractivity contribution in [2.75, 3.05) is 6.61 Å². The number of hydrogen-bond donors (Lipinski definition) is 3. The van der Waals surface area contributed by atoms with E-state index in [4.69, 9.17) is 10.5 Å². The van der Waals surface area contributed by atoms with Gasteiger partial charge in [0.15, 0.2) is 11.5 Å². The Morgan fingerprint density at radius 1 is 1.23 bits per heavy atom. The van der Waals surface area contributed by atoms with Crippen molar-refractivity contribution in [3.63, 3.8) is 0 Å². The first-order chi connectivity index (χ1) is 12.3. The van der Waals surface area contributed by atoms with Gasteiger partial charge in [-0.25, -0.2) is 0 Å². The van der Waals surface area contributed by atoms with E-state index in [0.717, 1.165) is 37.7 Å². The van der Waals surface area contributed by atoms with Gasteiger partial charge in [-0.05, 0) is 68.6 Å². The lowest BCUT2D eigenvalue weighted by molar-refractivity contribution is 0.172. The van der Waals surface area contributed by atoms with Gasteiger partial charge in [-0.3, -0.25) is 0 Å². The summed E-state index contributed by atoms with van der Waals surface area (Å²) in [6.45, 7) is 6.53. The van der Waals surface area contributed by atoms with Crippen LogP contribution in [0.3, 0.4) is 0 Å². The second-order valence-electron chi connectivity index (χ2n) is 8.72. The molecule has 1 aromatic carbocycles. The highest BCUT2D eigenvalue weighted by atomic mass is 16.5. The summed E-state index contributed by atoms with van der Waals surface area (Å²) in [6, 6.07) is 5.61. The minimum absolute atomic E-state index is 0.0184. The SMILES string of the molecule is CC(C)CCCC(C)Oc1ccc(CCC(N)(CO)CC2CC2)cc1O. The van der Waals surface area contributed by atoms with Crippen LogP contribution in [0, 0.1) is 11.8 Å². The van der Waals surface area contributed by atoms with Crippen LogP contribution in [0.15, 0.2) is 18.2 Å². The van der Waals surface area contributed by atoms with Gasteiger partial charge >= 0.3 is 0 Å². The number of aliphatic hydroxyl groups is 1. The number of phenols is 1. The molecule has 1 aliphatic rings. The van der Waals surface area contributed by atoms with Crippen LogP contribution in [0.25, 0.3) is 0 Å². The second-order valence-corrected chi connectivity index (χ2v) is 8.72. The van der Waals surface area contributed by atoms with E-state index < -0.39 is 5.54 Å². The van der Waals surface area contributed by atoms with Crippen LogP contribution < -0.4 is 10.5 Å². The molecule has 0 amide bonds. The maximum absolute atomic E-state index is 10.3. The fraction of sp³-hybridized carbons (Fsp3) is 0.727. The van der Waals surface area contributed by atoms with Crippen LogP contribution in [-0.4, -0.2) is 28.5 Å². The molecule has 148 valence electrons. The number of hydrogen-bond acceptors (Lipinski definition) is 4. The van der Waals surface area contributed by atoms with Crippen LogP contribution in [0.1, 0.15) is 71.3 Å². The number of benzene rings is 1. The molecule has 0 aromatic heterocycles. The smallest absolute Gasteiger partial charge is 0.161 e. The van der Waals surface area contributed by atoms with Crippen molar-refractivity contribution < 1.29 is 14.9 Å². The molecule has 0 radical (unpaired) electrons. The minimum Gasteiger partial charge on any atom is -0.504 e. The topological polar surface area (TPSA) is 75.7 Å². The Balaban J connectivity index is 1.83. The fourth-order valence-electron chi connectivity index (χ4n) is 3.44. The summed E-state index contributed by atoms with van der Waals surface area (Å²) in [4.78, 5) is 0. The molecule has 2 unspecified atom stereocenters. The van der Waals surface area contributed by atoms with E-state index in [0.29, 0.717) is 17.6 Å². The monoisotopic (exact) mass is 363 g/mol. The summed E-state index contributed by atoms with van der Waals surface area (Å²) in [6.07, 6.45) is 8.27. The summed E-state index contributed by atoms with van der Waals surface area (Å²) >= 11 is 0. The molecule has 4 nitrogen and oxygen atoms in total. The molecule has 2 rings (SSSR count). The van der Waals surface area contributed by atoms with Crippen molar-refractivity contribution >= 4 is 0 Å². The molecule has 0 aliphatic heterocycles. The fourth-order valence-corrected chi connectivity index (χ4v) is 3.44. The minimum atomic E-state index is -0.503. The van der Waals surface area contributed by atoms with Gasteiger partial charge in [0.2, 0.25) is 0 Å². The maximum Gasteiger partial charge on any atom is 0.161 e. The van der Waals surface area contributed by atoms with Crippen LogP contribution in [0.4, 0.5) is 0 Å². The summed E-state index contributed by atoms with van der Waals surface area (Å²) in [5.41, 5.74) is 6.88. The number of nitrogens with two attached hydrogens (primary N) is 1. The lowest BCUT2D eigenvalue weighted by Gasteiger charge is -2.27. The summed E-state index contributed by atoms with van der Waals surface area (Å²) in [5.74, 6) is 2.13. The van der Waals surface area contributed by atoms with E-state index >= 15 is 0 Å². The van der Waals surface area contributed by atoms with Crippen LogP contribution in [0.5, 0.6) is 11.5 Å². The maximum atomic E-state index is 10.3. The number of aromatic hydroxyl groups is 1. The van der Waals surface area contributed by atoms with E-state index in [-0.39, 0.29) is 18.5 Å². The first-order valence-electron chi connectivity index (χ1n) is 10.2. The second kappa shape index (κ2) is 9.61. The zero-order valence-electron chi connectivity index (χ0n) is 16.7. The standard InChI is InChI=1S/C22H37NO3/c1-16(2)5-4-6-17(3)26-21-10-9-18(13-20(21)25)11-12-22(23,15-24)14-19-7-8-19/h9-10,13,16-17,19,24-25H,4-8,11-12,14-15,23H2,1-3H3. The average Bonchev–Trinajstić information content (AvgIpc) is 3.38. The quantitative estimate of drug-likeness (QED) is 0.514.